The minimum atomic E-state index is -4.06. The number of amides is 2. The first-order valence-corrected chi connectivity index (χ1v) is 14.2. The van der Waals surface area contributed by atoms with E-state index in [1.54, 1.807) is 43.3 Å². The molecule has 0 radical (unpaired) electrons. The van der Waals surface area contributed by atoms with E-state index >= 15 is 0 Å². The minimum Gasteiger partial charge on any atom is -0.354 e. The smallest absolute Gasteiger partial charge is 0.264 e. The molecule has 8 heteroatoms. The average Bonchev–Trinajstić information content (AvgIpc) is 2.89. The van der Waals surface area contributed by atoms with Gasteiger partial charge >= 0.3 is 0 Å². The van der Waals surface area contributed by atoms with Crippen LogP contribution < -0.4 is 9.62 Å². The van der Waals surface area contributed by atoms with Gasteiger partial charge in [-0.15, -0.1) is 0 Å². The molecule has 0 spiro atoms. The third-order valence-corrected chi connectivity index (χ3v) is 8.14. The quantitative estimate of drug-likeness (QED) is 0.386. The highest BCUT2D eigenvalue weighted by molar-refractivity contribution is 7.92. The Balaban J connectivity index is 2.01. The van der Waals surface area contributed by atoms with Gasteiger partial charge in [-0.1, -0.05) is 68.4 Å². The van der Waals surface area contributed by atoms with Crippen LogP contribution in [0.2, 0.25) is 0 Å². The maximum atomic E-state index is 13.9. The van der Waals surface area contributed by atoms with Gasteiger partial charge in [0.25, 0.3) is 10.0 Å². The largest absolute Gasteiger partial charge is 0.354 e. The lowest BCUT2D eigenvalue weighted by Crippen LogP contribution is -2.51. The van der Waals surface area contributed by atoms with Crippen LogP contribution in [-0.4, -0.2) is 44.3 Å². The van der Waals surface area contributed by atoms with Crippen molar-refractivity contribution in [3.8, 4) is 0 Å². The van der Waals surface area contributed by atoms with E-state index in [0.717, 1.165) is 21.0 Å². The summed E-state index contributed by atoms with van der Waals surface area (Å²) in [5.41, 5.74) is 3.11. The molecule has 3 rings (SSSR count). The zero-order chi connectivity index (χ0) is 27.9. The van der Waals surface area contributed by atoms with E-state index in [-0.39, 0.29) is 23.3 Å². The van der Waals surface area contributed by atoms with Crippen LogP contribution in [-0.2, 0) is 26.2 Å². The number of hydrogen-bond donors (Lipinski definition) is 1. The van der Waals surface area contributed by atoms with Crippen molar-refractivity contribution in [2.24, 2.45) is 5.92 Å². The van der Waals surface area contributed by atoms with Crippen LogP contribution in [0.4, 0.5) is 5.69 Å². The number of carbonyl (C=O) groups is 2. The molecule has 0 aliphatic rings. The van der Waals surface area contributed by atoms with Crippen molar-refractivity contribution < 1.29 is 18.0 Å². The summed E-state index contributed by atoms with van der Waals surface area (Å²) in [4.78, 5) is 28.5. The molecular weight excluding hydrogens is 498 g/mol. The van der Waals surface area contributed by atoms with Gasteiger partial charge in [0.05, 0.1) is 10.6 Å². The summed E-state index contributed by atoms with van der Waals surface area (Å²) in [5, 5.41) is 2.90. The first kappa shape index (κ1) is 28.9. The molecule has 0 bridgehead atoms. The van der Waals surface area contributed by atoms with Crippen LogP contribution in [0.5, 0.6) is 0 Å². The molecule has 0 saturated carbocycles. The molecule has 1 unspecified atom stereocenters. The number of hydrogen-bond acceptors (Lipinski definition) is 4. The zero-order valence-electron chi connectivity index (χ0n) is 22.7. The Kier molecular flexibility index (Phi) is 9.69. The van der Waals surface area contributed by atoms with E-state index in [9.17, 15) is 18.0 Å². The number of carbonyl (C=O) groups excluding carboxylic acids is 2. The van der Waals surface area contributed by atoms with Crippen molar-refractivity contribution in [3.63, 3.8) is 0 Å². The Morgan fingerprint density at radius 1 is 0.868 bits per heavy atom. The number of benzene rings is 3. The predicted octanol–water partition coefficient (Wildman–Crippen LogP) is 4.69. The Morgan fingerprint density at radius 3 is 2.16 bits per heavy atom. The predicted molar refractivity (Wildman–Crippen MR) is 151 cm³/mol. The van der Waals surface area contributed by atoms with Crippen molar-refractivity contribution in [1.82, 2.24) is 10.2 Å². The molecule has 1 atom stereocenters. The summed E-state index contributed by atoms with van der Waals surface area (Å²) >= 11 is 0. The van der Waals surface area contributed by atoms with Gasteiger partial charge in [0.2, 0.25) is 11.8 Å². The monoisotopic (exact) mass is 535 g/mol. The van der Waals surface area contributed by atoms with Crippen molar-refractivity contribution >= 4 is 27.5 Å². The van der Waals surface area contributed by atoms with Crippen molar-refractivity contribution in [3.05, 3.63) is 95.6 Å². The van der Waals surface area contributed by atoms with Crippen LogP contribution in [0.3, 0.4) is 0 Å². The molecule has 1 N–H and O–H groups in total. The van der Waals surface area contributed by atoms with E-state index < -0.39 is 28.5 Å². The standard InChI is InChI=1S/C30H37N3O4S/c1-22(2)19-31-30(35)25(5)32(20-26-14-10-9-13-24(26)4)29(34)21-33(27-15-11-12-23(3)18-27)38(36,37)28-16-7-6-8-17-28/h6-18,22,25H,19-21H2,1-5H3,(H,31,35). The summed E-state index contributed by atoms with van der Waals surface area (Å²) in [5.74, 6) is -0.505. The second-order valence-electron chi connectivity index (χ2n) is 9.93. The van der Waals surface area contributed by atoms with Gasteiger partial charge in [-0.25, -0.2) is 8.42 Å². The van der Waals surface area contributed by atoms with E-state index in [0.29, 0.717) is 12.2 Å². The lowest BCUT2D eigenvalue weighted by atomic mass is 10.1. The number of anilines is 1. The van der Waals surface area contributed by atoms with E-state index in [2.05, 4.69) is 5.32 Å². The fourth-order valence-electron chi connectivity index (χ4n) is 4.04. The van der Waals surface area contributed by atoms with Crippen LogP contribution in [0.1, 0.15) is 37.5 Å². The number of nitrogens with zero attached hydrogens (tertiary/aromatic N) is 2. The molecule has 7 nitrogen and oxygen atoms in total. The molecule has 38 heavy (non-hydrogen) atoms. The summed E-state index contributed by atoms with van der Waals surface area (Å²) in [6.07, 6.45) is 0. The molecule has 0 fully saturated rings. The Hall–Kier alpha value is -3.65. The van der Waals surface area contributed by atoms with E-state index in [4.69, 9.17) is 0 Å². The first-order chi connectivity index (χ1) is 18.0. The molecule has 0 aliphatic heterocycles. The van der Waals surface area contributed by atoms with Gasteiger partial charge in [-0.3, -0.25) is 13.9 Å². The van der Waals surface area contributed by atoms with E-state index in [1.165, 1.54) is 17.0 Å². The summed E-state index contributed by atoms with van der Waals surface area (Å²) in [7, 11) is -4.06. The fraction of sp³-hybridized carbons (Fsp3) is 0.333. The molecule has 3 aromatic rings. The third kappa shape index (κ3) is 7.22. The molecular formula is C30H37N3O4S. The Bertz CT molecular complexity index is 1360. The summed E-state index contributed by atoms with van der Waals surface area (Å²) in [6.45, 7) is 9.68. The third-order valence-electron chi connectivity index (χ3n) is 6.35. The second-order valence-corrected chi connectivity index (χ2v) is 11.8. The fourth-order valence-corrected chi connectivity index (χ4v) is 5.46. The van der Waals surface area contributed by atoms with Crippen molar-refractivity contribution in [2.75, 3.05) is 17.4 Å². The van der Waals surface area contributed by atoms with Crippen LogP contribution in [0, 0.1) is 19.8 Å². The lowest BCUT2D eigenvalue weighted by molar-refractivity contribution is -0.139. The maximum Gasteiger partial charge on any atom is 0.264 e. The SMILES string of the molecule is Cc1cccc(N(CC(=O)N(Cc2ccccc2C)C(C)C(=O)NCC(C)C)S(=O)(=O)c2ccccc2)c1. The molecule has 0 heterocycles. The van der Waals surface area contributed by atoms with Gasteiger partial charge in [0.1, 0.15) is 12.6 Å². The van der Waals surface area contributed by atoms with Crippen LogP contribution in [0.15, 0.2) is 83.8 Å². The topological polar surface area (TPSA) is 86.8 Å². The summed E-state index contributed by atoms with van der Waals surface area (Å²) in [6, 6.07) is 21.9. The summed E-state index contributed by atoms with van der Waals surface area (Å²) < 4.78 is 28.7. The Labute approximate surface area is 226 Å². The van der Waals surface area contributed by atoms with Gasteiger partial charge < -0.3 is 10.2 Å². The van der Waals surface area contributed by atoms with Crippen LogP contribution >= 0.6 is 0 Å². The molecule has 2 amide bonds. The molecule has 0 aromatic heterocycles. The normalized spacial score (nSPS) is 12.2. The van der Waals surface area contributed by atoms with E-state index in [1.807, 2.05) is 58.0 Å². The van der Waals surface area contributed by atoms with Crippen molar-refractivity contribution in [1.29, 1.82) is 0 Å². The highest BCUT2D eigenvalue weighted by atomic mass is 32.2. The first-order valence-electron chi connectivity index (χ1n) is 12.8. The Morgan fingerprint density at radius 2 is 1.53 bits per heavy atom. The molecule has 3 aromatic carbocycles. The molecule has 0 saturated heterocycles. The number of nitrogens with one attached hydrogen (secondary N) is 1. The van der Waals surface area contributed by atoms with Crippen LogP contribution in [0.25, 0.3) is 0 Å². The van der Waals surface area contributed by atoms with Gasteiger partial charge in [-0.2, -0.15) is 0 Å². The van der Waals surface area contributed by atoms with Gasteiger partial charge in [0, 0.05) is 13.1 Å². The number of aryl methyl sites for hydroxylation is 2. The maximum absolute atomic E-state index is 13.9. The lowest BCUT2D eigenvalue weighted by Gasteiger charge is -2.32. The zero-order valence-corrected chi connectivity index (χ0v) is 23.5. The average molecular weight is 536 g/mol. The number of sulfonamides is 1. The van der Waals surface area contributed by atoms with Gasteiger partial charge in [0.15, 0.2) is 0 Å². The number of rotatable bonds is 11. The minimum absolute atomic E-state index is 0.0856. The van der Waals surface area contributed by atoms with Gasteiger partial charge in [-0.05, 0) is 67.6 Å². The van der Waals surface area contributed by atoms with Crippen molar-refractivity contribution in [2.45, 2.75) is 52.1 Å². The highest BCUT2D eigenvalue weighted by Crippen LogP contribution is 2.25. The molecule has 0 aliphatic carbocycles. The highest BCUT2D eigenvalue weighted by Gasteiger charge is 2.32. The molecule has 202 valence electrons. The second kappa shape index (κ2) is 12.7.